The quantitative estimate of drug-likeness (QED) is 0.0434. The Bertz CT molecular complexity index is 1180. The number of amides is 3. The number of carbonyl (C=O) groups excluding carboxylic acids is 5. The summed E-state index contributed by atoms with van der Waals surface area (Å²) in [4.78, 5) is 82.0. The number of nitrogens with one attached hydrogen (secondary N) is 4. The van der Waals surface area contributed by atoms with Crippen molar-refractivity contribution in [1.29, 1.82) is 0 Å². The third-order valence-corrected chi connectivity index (χ3v) is 9.53. The van der Waals surface area contributed by atoms with Crippen molar-refractivity contribution in [3.63, 3.8) is 0 Å². The van der Waals surface area contributed by atoms with Gasteiger partial charge in [-0.3, -0.25) is 28.8 Å². The Hall–Kier alpha value is -3.55. The van der Waals surface area contributed by atoms with E-state index in [-0.39, 0.29) is 120 Å². The zero-order chi connectivity index (χ0) is 44.5. The number of hydrogen-bond acceptors (Lipinski definition) is 13. The number of hydrogen-bond donors (Lipinski definition) is 7. The van der Waals surface area contributed by atoms with E-state index in [1.54, 1.807) is 7.05 Å². The van der Waals surface area contributed by atoms with E-state index in [1.165, 1.54) is 19.3 Å². The molecule has 18 nitrogen and oxygen atoms in total. The lowest BCUT2D eigenvalue weighted by Crippen LogP contribution is -2.41. The van der Waals surface area contributed by atoms with Gasteiger partial charge in [-0.15, -0.1) is 0 Å². The van der Waals surface area contributed by atoms with Gasteiger partial charge in [0.1, 0.15) is 25.9 Å². The van der Waals surface area contributed by atoms with Gasteiger partial charge in [0.15, 0.2) is 11.6 Å². The van der Waals surface area contributed by atoms with Crippen molar-refractivity contribution in [3.05, 3.63) is 0 Å². The molecule has 0 spiro atoms. The lowest BCUT2D eigenvalue weighted by atomic mass is 10.0. The minimum absolute atomic E-state index is 0.0287. The molecule has 0 aliphatic heterocycles. The molecule has 60 heavy (non-hydrogen) atoms. The first-order valence-corrected chi connectivity index (χ1v) is 21.9. The lowest BCUT2D eigenvalue weighted by molar-refractivity contribution is -0.142. The molecule has 348 valence electrons. The zero-order valence-electron chi connectivity index (χ0n) is 36.1. The van der Waals surface area contributed by atoms with E-state index < -0.39 is 24.6 Å². The van der Waals surface area contributed by atoms with Gasteiger partial charge in [-0.2, -0.15) is 0 Å². The number of unbranched alkanes of at least 4 members (excludes halogenated alkanes) is 12. The third-order valence-electron chi connectivity index (χ3n) is 9.53. The van der Waals surface area contributed by atoms with E-state index in [0.717, 1.165) is 57.8 Å². The fraction of sp³-hybridized carbons (Fsp3) is 0.833. The van der Waals surface area contributed by atoms with Crippen LogP contribution < -0.4 is 21.3 Å². The number of ether oxygens (including phenoxy) is 4. The molecule has 0 fully saturated rings. The molecule has 0 unspecified atom stereocenters. The molecule has 0 aliphatic rings. The highest BCUT2D eigenvalue weighted by Gasteiger charge is 2.21. The highest BCUT2D eigenvalue weighted by molar-refractivity contribution is 5.85. The molecule has 7 N–H and O–H groups in total. The summed E-state index contributed by atoms with van der Waals surface area (Å²) < 4.78 is 21.5. The summed E-state index contributed by atoms with van der Waals surface area (Å²) in [6.45, 7) is 1.54. The fourth-order valence-electron chi connectivity index (χ4n) is 6.04. The molecule has 0 saturated heterocycles. The molecule has 0 aromatic heterocycles. The maximum absolute atomic E-state index is 12.3. The van der Waals surface area contributed by atoms with E-state index in [9.17, 15) is 38.7 Å². The Kier molecular flexibility index (Phi) is 38.4. The standard InChI is InChI=1S/C42H76N4O14/c1-43-35(37(49)31-47)18-14-15-23-44-40(52)33-60-30-27-57-25-16-17-34(48)32-59-29-28-58-26-24-45-38(50)22-21-36(42(55)56)46-39(51)19-12-10-8-6-4-2-3-5-7-9-11-13-20-41(53)54/h35-36,43,47H,2-33H2,1H3,(H,44,52)(H,45,50)(H,46,51)(H,53,54)(H,55,56)/t35-,36-/m0/s1. The van der Waals surface area contributed by atoms with Crippen LogP contribution in [0.3, 0.4) is 0 Å². The monoisotopic (exact) mass is 861 g/mol. The number of likely N-dealkylation sites (N-methyl/N-ethyl adjacent to an activating group) is 1. The van der Waals surface area contributed by atoms with Crippen LogP contribution in [-0.2, 0) is 52.5 Å². The van der Waals surface area contributed by atoms with Crippen molar-refractivity contribution in [2.24, 2.45) is 0 Å². The van der Waals surface area contributed by atoms with Crippen LogP contribution in [0.5, 0.6) is 0 Å². The highest BCUT2D eigenvalue weighted by atomic mass is 16.5. The van der Waals surface area contributed by atoms with Crippen molar-refractivity contribution in [2.45, 2.75) is 147 Å². The van der Waals surface area contributed by atoms with Crippen molar-refractivity contribution < 1.29 is 67.8 Å². The second-order valence-electron chi connectivity index (χ2n) is 14.8. The number of aliphatic hydroxyl groups excluding tert-OH is 1. The summed E-state index contributed by atoms with van der Waals surface area (Å²) in [5.41, 5.74) is 0. The maximum Gasteiger partial charge on any atom is 0.326 e. The molecular weight excluding hydrogens is 784 g/mol. The summed E-state index contributed by atoms with van der Waals surface area (Å²) >= 11 is 0. The molecule has 0 bridgehead atoms. The van der Waals surface area contributed by atoms with Crippen LogP contribution in [-0.4, -0.2) is 148 Å². The molecule has 3 amide bonds. The molecule has 0 heterocycles. The predicted molar refractivity (Wildman–Crippen MR) is 223 cm³/mol. The van der Waals surface area contributed by atoms with Crippen LogP contribution in [0.15, 0.2) is 0 Å². The van der Waals surface area contributed by atoms with Gasteiger partial charge >= 0.3 is 11.9 Å². The Labute approximate surface area is 356 Å². The van der Waals surface area contributed by atoms with Crippen molar-refractivity contribution in [1.82, 2.24) is 21.3 Å². The lowest BCUT2D eigenvalue weighted by Gasteiger charge is -2.14. The number of carbonyl (C=O) groups is 7. The van der Waals surface area contributed by atoms with Gasteiger partial charge in [-0.25, -0.2) is 4.79 Å². The average molecular weight is 861 g/mol. The Morgan fingerprint density at radius 3 is 1.62 bits per heavy atom. The normalized spacial score (nSPS) is 12.1. The first kappa shape index (κ1) is 56.5. The van der Waals surface area contributed by atoms with E-state index >= 15 is 0 Å². The molecule has 0 rings (SSSR count). The molecular formula is C42H76N4O14. The first-order chi connectivity index (χ1) is 29.0. The number of ketones is 2. The van der Waals surface area contributed by atoms with Crippen LogP contribution in [0.2, 0.25) is 0 Å². The van der Waals surface area contributed by atoms with E-state index in [0.29, 0.717) is 38.8 Å². The molecule has 0 radical (unpaired) electrons. The van der Waals surface area contributed by atoms with Gasteiger partial charge in [0, 0.05) is 45.4 Å². The molecule has 18 heteroatoms. The summed E-state index contributed by atoms with van der Waals surface area (Å²) in [5, 5.41) is 37.9. The maximum atomic E-state index is 12.3. The highest BCUT2D eigenvalue weighted by Crippen LogP contribution is 2.13. The smallest absolute Gasteiger partial charge is 0.326 e. The van der Waals surface area contributed by atoms with Gasteiger partial charge in [0.05, 0.1) is 39.1 Å². The first-order valence-electron chi connectivity index (χ1n) is 21.9. The van der Waals surface area contributed by atoms with Crippen LogP contribution in [0.4, 0.5) is 0 Å². The van der Waals surface area contributed by atoms with Gasteiger partial charge in [-0.05, 0) is 52.0 Å². The Balaban J connectivity index is 3.67. The van der Waals surface area contributed by atoms with Crippen LogP contribution >= 0.6 is 0 Å². The zero-order valence-corrected chi connectivity index (χ0v) is 36.1. The van der Waals surface area contributed by atoms with Gasteiger partial charge in [0.2, 0.25) is 17.7 Å². The van der Waals surface area contributed by atoms with Crippen LogP contribution in [0, 0.1) is 0 Å². The van der Waals surface area contributed by atoms with E-state index in [4.69, 9.17) is 29.2 Å². The van der Waals surface area contributed by atoms with E-state index in [1.807, 2.05) is 0 Å². The molecule has 0 aromatic carbocycles. The Morgan fingerprint density at radius 2 is 1.03 bits per heavy atom. The number of carboxylic acids is 2. The minimum atomic E-state index is -1.19. The topological polar surface area (TPSA) is 265 Å². The summed E-state index contributed by atoms with van der Waals surface area (Å²) in [6.07, 6.45) is 15.5. The second kappa shape index (κ2) is 40.8. The van der Waals surface area contributed by atoms with Crippen LogP contribution in [0.25, 0.3) is 0 Å². The summed E-state index contributed by atoms with van der Waals surface area (Å²) in [7, 11) is 1.67. The number of rotatable bonds is 45. The number of aliphatic carboxylic acids is 2. The van der Waals surface area contributed by atoms with Gasteiger partial charge in [0.25, 0.3) is 0 Å². The minimum Gasteiger partial charge on any atom is -0.481 e. The fourth-order valence-corrected chi connectivity index (χ4v) is 6.04. The molecule has 0 aliphatic carbocycles. The molecule has 0 aromatic rings. The summed E-state index contributed by atoms with van der Waals surface area (Å²) in [6, 6.07) is -1.53. The average Bonchev–Trinajstić information content (AvgIpc) is 3.22. The second-order valence-corrected chi connectivity index (χ2v) is 14.8. The van der Waals surface area contributed by atoms with Crippen LogP contribution in [0.1, 0.15) is 135 Å². The van der Waals surface area contributed by atoms with Crippen molar-refractivity contribution in [2.75, 3.05) is 79.6 Å². The van der Waals surface area contributed by atoms with Gasteiger partial charge < -0.3 is 55.5 Å². The number of Topliss-reactive ketones (excluding diaryl/α,β-unsaturated/α-hetero) is 2. The SMILES string of the molecule is CN[C@@H](CCCCNC(=O)COCCOCCCC(=O)COCCOCCNC(=O)CC[C@H](NC(=O)CCCCCCCCCCCCCCC(=O)O)C(=O)O)C(=O)CO. The summed E-state index contributed by atoms with van der Waals surface area (Å²) in [5.74, 6) is -3.18. The largest absolute Gasteiger partial charge is 0.481 e. The third kappa shape index (κ3) is 37.4. The number of aliphatic hydroxyl groups is 1. The van der Waals surface area contributed by atoms with Crippen molar-refractivity contribution in [3.8, 4) is 0 Å². The van der Waals surface area contributed by atoms with Crippen molar-refractivity contribution >= 4 is 41.2 Å². The Morgan fingerprint density at radius 1 is 0.483 bits per heavy atom. The molecule has 0 saturated carbocycles. The predicted octanol–water partition coefficient (Wildman–Crippen LogP) is 2.85. The van der Waals surface area contributed by atoms with Gasteiger partial charge in [-0.1, -0.05) is 64.2 Å². The molecule has 2 atom stereocenters. The van der Waals surface area contributed by atoms with E-state index in [2.05, 4.69) is 21.3 Å². The number of carboxylic acid groups (broad SMARTS) is 2.